The molecule has 1 N–H and O–H groups in total. The van der Waals surface area contributed by atoms with Gasteiger partial charge in [0.2, 0.25) is 0 Å². The monoisotopic (exact) mass is 185 g/mol. The van der Waals surface area contributed by atoms with Crippen LogP contribution in [0, 0.1) is 5.92 Å². The first kappa shape index (κ1) is 10.0. The van der Waals surface area contributed by atoms with Gasteiger partial charge in [-0.15, -0.1) is 0 Å². The van der Waals surface area contributed by atoms with E-state index in [-0.39, 0.29) is 17.7 Å². The number of carbonyl (C=O) groups excluding carboxylic acids is 1. The van der Waals surface area contributed by atoms with Crippen LogP contribution < -0.4 is 0 Å². The summed E-state index contributed by atoms with van der Waals surface area (Å²) in [5, 5.41) is 8.86. The highest BCUT2D eigenvalue weighted by atomic mass is 16.4. The van der Waals surface area contributed by atoms with E-state index in [4.69, 9.17) is 5.11 Å². The van der Waals surface area contributed by atoms with Gasteiger partial charge in [0.15, 0.2) is 0 Å². The van der Waals surface area contributed by atoms with E-state index in [0.29, 0.717) is 19.4 Å². The van der Waals surface area contributed by atoms with Crippen LogP contribution >= 0.6 is 0 Å². The number of hydrogen-bond acceptors (Lipinski definition) is 2. The molecule has 0 bridgehead atoms. The Hall–Kier alpha value is -1.06. The molecule has 1 aliphatic rings. The van der Waals surface area contributed by atoms with E-state index in [1.54, 1.807) is 0 Å². The van der Waals surface area contributed by atoms with Crippen LogP contribution in [-0.2, 0) is 4.79 Å². The molecular formula is C9H15NO3. The van der Waals surface area contributed by atoms with Crippen LogP contribution in [0.3, 0.4) is 0 Å². The van der Waals surface area contributed by atoms with E-state index in [1.165, 1.54) is 4.90 Å². The fraction of sp³-hybridized carbons (Fsp3) is 0.778. The standard InChI is InChI=1S/C9H15NO3/c1-6(2)8-5-7(11)3-4-10(8)9(12)13/h6,8H,3-5H2,1-2H3,(H,12,13). The van der Waals surface area contributed by atoms with Gasteiger partial charge < -0.3 is 10.0 Å². The Labute approximate surface area is 77.5 Å². The number of piperidine rings is 1. The fourth-order valence-electron chi connectivity index (χ4n) is 1.69. The molecule has 1 unspecified atom stereocenters. The second kappa shape index (κ2) is 3.77. The molecule has 0 aromatic carbocycles. The van der Waals surface area contributed by atoms with Gasteiger partial charge in [0.05, 0.1) is 0 Å². The van der Waals surface area contributed by atoms with Crippen LogP contribution in [0.2, 0.25) is 0 Å². The number of nitrogens with zero attached hydrogens (tertiary/aromatic N) is 1. The number of ketones is 1. The van der Waals surface area contributed by atoms with E-state index < -0.39 is 6.09 Å². The molecule has 0 spiro atoms. The minimum atomic E-state index is -0.911. The Morgan fingerprint density at radius 3 is 2.69 bits per heavy atom. The number of carboxylic acid groups (broad SMARTS) is 1. The molecule has 1 heterocycles. The minimum absolute atomic E-state index is 0.126. The normalized spacial score (nSPS) is 23.8. The number of hydrogen-bond donors (Lipinski definition) is 1. The molecule has 0 radical (unpaired) electrons. The summed E-state index contributed by atoms with van der Waals surface area (Å²) < 4.78 is 0. The van der Waals surface area contributed by atoms with Gasteiger partial charge >= 0.3 is 6.09 Å². The van der Waals surface area contributed by atoms with Gasteiger partial charge in [0.25, 0.3) is 0 Å². The van der Waals surface area contributed by atoms with E-state index in [0.717, 1.165) is 0 Å². The first-order chi connectivity index (χ1) is 6.02. The second-order valence-corrected chi connectivity index (χ2v) is 3.78. The quantitative estimate of drug-likeness (QED) is 0.671. The summed E-state index contributed by atoms with van der Waals surface area (Å²) in [6, 6.07) is -0.126. The summed E-state index contributed by atoms with van der Waals surface area (Å²) in [7, 11) is 0. The minimum Gasteiger partial charge on any atom is -0.465 e. The zero-order chi connectivity index (χ0) is 10.0. The van der Waals surface area contributed by atoms with Crippen LogP contribution in [-0.4, -0.2) is 34.5 Å². The molecule has 0 saturated carbocycles. The summed E-state index contributed by atoms with van der Waals surface area (Å²) >= 11 is 0. The highest BCUT2D eigenvalue weighted by molar-refractivity contribution is 5.82. The van der Waals surface area contributed by atoms with E-state index >= 15 is 0 Å². The van der Waals surface area contributed by atoms with Crippen molar-refractivity contribution in [3.8, 4) is 0 Å². The van der Waals surface area contributed by atoms with Crippen LogP contribution in [0.15, 0.2) is 0 Å². The number of likely N-dealkylation sites (tertiary alicyclic amines) is 1. The topological polar surface area (TPSA) is 57.6 Å². The Bertz CT molecular complexity index is 225. The van der Waals surface area contributed by atoms with Crippen molar-refractivity contribution < 1.29 is 14.7 Å². The number of amides is 1. The van der Waals surface area contributed by atoms with Crippen LogP contribution in [0.5, 0.6) is 0 Å². The summed E-state index contributed by atoms with van der Waals surface area (Å²) in [5.41, 5.74) is 0. The van der Waals surface area contributed by atoms with Crippen LogP contribution in [0.25, 0.3) is 0 Å². The predicted molar refractivity (Wildman–Crippen MR) is 47.6 cm³/mol. The third kappa shape index (κ3) is 2.20. The molecular weight excluding hydrogens is 170 g/mol. The van der Waals surface area contributed by atoms with E-state index in [2.05, 4.69) is 0 Å². The van der Waals surface area contributed by atoms with Crippen molar-refractivity contribution >= 4 is 11.9 Å². The zero-order valence-corrected chi connectivity index (χ0v) is 7.99. The van der Waals surface area contributed by atoms with Crippen molar-refractivity contribution in [3.05, 3.63) is 0 Å². The Kier molecular flexibility index (Phi) is 2.90. The Morgan fingerprint density at radius 2 is 2.23 bits per heavy atom. The van der Waals surface area contributed by atoms with Gasteiger partial charge in [0, 0.05) is 25.4 Å². The van der Waals surface area contributed by atoms with Crippen molar-refractivity contribution in [2.24, 2.45) is 5.92 Å². The third-order valence-corrected chi connectivity index (χ3v) is 2.48. The lowest BCUT2D eigenvalue weighted by molar-refractivity contribution is -0.123. The summed E-state index contributed by atoms with van der Waals surface area (Å²) in [5.74, 6) is 0.386. The molecule has 1 rings (SSSR count). The largest absolute Gasteiger partial charge is 0.465 e. The SMILES string of the molecule is CC(C)C1CC(=O)CCN1C(=O)O. The molecule has 1 atom stereocenters. The smallest absolute Gasteiger partial charge is 0.407 e. The molecule has 1 saturated heterocycles. The molecule has 1 aliphatic heterocycles. The van der Waals surface area contributed by atoms with Gasteiger partial charge in [-0.1, -0.05) is 13.8 Å². The summed E-state index contributed by atoms with van der Waals surface area (Å²) in [6.45, 7) is 4.25. The number of rotatable bonds is 1. The first-order valence-electron chi connectivity index (χ1n) is 4.53. The number of Topliss-reactive ketones (excluding diaryl/α,β-unsaturated/α-hetero) is 1. The average Bonchev–Trinajstić information content (AvgIpc) is 2.03. The van der Waals surface area contributed by atoms with Crippen molar-refractivity contribution in [1.29, 1.82) is 0 Å². The van der Waals surface area contributed by atoms with E-state index in [1.807, 2.05) is 13.8 Å². The zero-order valence-electron chi connectivity index (χ0n) is 7.99. The molecule has 1 amide bonds. The predicted octanol–water partition coefficient (Wildman–Crippen LogP) is 1.35. The first-order valence-corrected chi connectivity index (χ1v) is 4.53. The van der Waals surface area contributed by atoms with Crippen LogP contribution in [0.1, 0.15) is 26.7 Å². The Balaban J connectivity index is 2.71. The molecule has 4 nitrogen and oxygen atoms in total. The second-order valence-electron chi connectivity index (χ2n) is 3.78. The molecule has 0 aliphatic carbocycles. The van der Waals surface area contributed by atoms with Crippen molar-refractivity contribution in [2.75, 3.05) is 6.54 Å². The number of carbonyl (C=O) groups is 2. The maximum Gasteiger partial charge on any atom is 0.407 e. The lowest BCUT2D eigenvalue weighted by Crippen LogP contribution is -2.48. The van der Waals surface area contributed by atoms with Crippen molar-refractivity contribution in [3.63, 3.8) is 0 Å². The highest BCUT2D eigenvalue weighted by Gasteiger charge is 2.32. The lowest BCUT2D eigenvalue weighted by Gasteiger charge is -2.35. The molecule has 1 fully saturated rings. The molecule has 4 heteroatoms. The van der Waals surface area contributed by atoms with Crippen LogP contribution in [0.4, 0.5) is 4.79 Å². The van der Waals surface area contributed by atoms with Crippen molar-refractivity contribution in [2.45, 2.75) is 32.7 Å². The summed E-state index contributed by atoms with van der Waals surface area (Å²) in [4.78, 5) is 23.3. The van der Waals surface area contributed by atoms with E-state index in [9.17, 15) is 9.59 Å². The van der Waals surface area contributed by atoms with Crippen molar-refractivity contribution in [1.82, 2.24) is 4.90 Å². The maximum absolute atomic E-state index is 11.1. The van der Waals surface area contributed by atoms with Gasteiger partial charge in [-0.25, -0.2) is 4.79 Å². The average molecular weight is 185 g/mol. The van der Waals surface area contributed by atoms with Gasteiger partial charge in [-0.2, -0.15) is 0 Å². The molecule has 0 aromatic heterocycles. The lowest BCUT2D eigenvalue weighted by atomic mass is 9.92. The molecule has 74 valence electrons. The molecule has 13 heavy (non-hydrogen) atoms. The maximum atomic E-state index is 11.1. The Morgan fingerprint density at radius 1 is 1.62 bits per heavy atom. The summed E-state index contributed by atoms with van der Waals surface area (Å²) in [6.07, 6.45) is -0.161. The fourth-order valence-corrected chi connectivity index (χ4v) is 1.69. The van der Waals surface area contributed by atoms with Gasteiger partial charge in [0.1, 0.15) is 5.78 Å². The highest BCUT2D eigenvalue weighted by Crippen LogP contribution is 2.20. The van der Waals surface area contributed by atoms with Gasteiger partial charge in [-0.05, 0) is 5.92 Å². The van der Waals surface area contributed by atoms with Gasteiger partial charge in [-0.3, -0.25) is 4.79 Å². The third-order valence-electron chi connectivity index (χ3n) is 2.48. The molecule has 0 aromatic rings.